The minimum Gasteiger partial charge on any atom is -0.442 e. The standard InChI is InChI=1S/C16H17N5O3/c1-4-10-6-21-7-17-16-13(14(21)18-10)12(9(3)23-16)15(22)19-11-5-8(2)24-20-11/h5,7,10H,4,6H2,1-3H3,(H,19,20,22)/t10-/m0/s1. The summed E-state index contributed by atoms with van der Waals surface area (Å²) in [5, 5.41) is 6.52. The Morgan fingerprint density at radius 3 is 3.00 bits per heavy atom. The zero-order valence-corrected chi connectivity index (χ0v) is 13.7. The minimum absolute atomic E-state index is 0.196. The maximum Gasteiger partial charge on any atom is 0.261 e. The van der Waals surface area contributed by atoms with Gasteiger partial charge in [-0.2, -0.15) is 0 Å². The lowest BCUT2D eigenvalue weighted by Crippen LogP contribution is -2.31. The highest BCUT2D eigenvalue weighted by molar-refractivity contribution is 6.19. The number of nitrogens with one attached hydrogen (secondary N) is 1. The minimum atomic E-state index is -0.314. The molecule has 4 rings (SSSR count). The van der Waals surface area contributed by atoms with Crippen LogP contribution in [0.5, 0.6) is 0 Å². The van der Waals surface area contributed by atoms with E-state index >= 15 is 0 Å². The molecule has 1 N–H and O–H groups in total. The normalized spacial score (nSPS) is 18.4. The van der Waals surface area contributed by atoms with Crippen LogP contribution in [0.3, 0.4) is 0 Å². The first-order chi connectivity index (χ1) is 11.6. The van der Waals surface area contributed by atoms with Crippen LogP contribution in [-0.2, 0) is 0 Å². The third-order valence-electron chi connectivity index (χ3n) is 4.16. The number of carbonyl (C=O) groups is 1. The number of anilines is 1. The first-order valence-electron chi connectivity index (χ1n) is 7.84. The molecule has 0 unspecified atom stereocenters. The third-order valence-corrected chi connectivity index (χ3v) is 4.16. The fourth-order valence-electron chi connectivity index (χ4n) is 2.96. The van der Waals surface area contributed by atoms with E-state index < -0.39 is 0 Å². The maximum absolute atomic E-state index is 12.7. The van der Waals surface area contributed by atoms with Gasteiger partial charge in [0.15, 0.2) is 5.82 Å². The van der Waals surface area contributed by atoms with Gasteiger partial charge in [0.25, 0.3) is 5.91 Å². The molecule has 0 aliphatic carbocycles. The molecule has 1 amide bonds. The van der Waals surface area contributed by atoms with Gasteiger partial charge in [-0.25, -0.2) is 4.99 Å². The van der Waals surface area contributed by atoms with Crippen molar-refractivity contribution in [2.24, 2.45) is 9.98 Å². The fraction of sp³-hybridized carbons (Fsp3) is 0.375. The van der Waals surface area contributed by atoms with Crippen molar-refractivity contribution in [1.29, 1.82) is 0 Å². The lowest BCUT2D eigenvalue weighted by Gasteiger charge is -2.18. The third kappa shape index (κ3) is 2.22. The Labute approximate surface area is 138 Å². The molecule has 0 radical (unpaired) electrons. The zero-order valence-electron chi connectivity index (χ0n) is 13.7. The Balaban J connectivity index is 1.74. The van der Waals surface area contributed by atoms with Crippen molar-refractivity contribution < 1.29 is 13.7 Å². The van der Waals surface area contributed by atoms with E-state index in [1.165, 1.54) is 0 Å². The van der Waals surface area contributed by atoms with Crippen molar-refractivity contribution in [1.82, 2.24) is 10.1 Å². The van der Waals surface area contributed by atoms with Crippen LogP contribution in [0.4, 0.5) is 11.7 Å². The smallest absolute Gasteiger partial charge is 0.261 e. The summed E-state index contributed by atoms with van der Waals surface area (Å²) in [6, 6.07) is 1.85. The first-order valence-corrected chi connectivity index (χ1v) is 7.84. The molecule has 8 heteroatoms. The van der Waals surface area contributed by atoms with Crippen LogP contribution < -0.4 is 5.32 Å². The van der Waals surface area contributed by atoms with Gasteiger partial charge >= 0.3 is 0 Å². The molecular formula is C16H17N5O3. The Bertz CT molecular complexity index is 876. The molecule has 0 saturated heterocycles. The molecule has 0 aromatic carbocycles. The number of amides is 1. The number of nitrogens with zero attached hydrogens (tertiary/aromatic N) is 4. The highest BCUT2D eigenvalue weighted by atomic mass is 16.5. The first kappa shape index (κ1) is 14.7. The summed E-state index contributed by atoms with van der Waals surface area (Å²) in [7, 11) is 0. The number of aliphatic imine (C=N–C) groups is 2. The molecule has 2 aromatic rings. The number of hydrogen-bond acceptors (Lipinski definition) is 7. The molecule has 0 bridgehead atoms. The van der Waals surface area contributed by atoms with E-state index in [2.05, 4.69) is 22.4 Å². The molecule has 124 valence electrons. The van der Waals surface area contributed by atoms with E-state index in [9.17, 15) is 4.79 Å². The number of amidine groups is 1. The molecule has 1 atom stereocenters. The van der Waals surface area contributed by atoms with Gasteiger partial charge in [0.1, 0.15) is 23.7 Å². The van der Waals surface area contributed by atoms with Gasteiger partial charge in [-0.3, -0.25) is 9.79 Å². The number of aromatic nitrogens is 1. The molecule has 2 aliphatic heterocycles. The highest BCUT2D eigenvalue weighted by Crippen LogP contribution is 2.35. The monoisotopic (exact) mass is 327 g/mol. The van der Waals surface area contributed by atoms with Crippen LogP contribution in [0.2, 0.25) is 0 Å². The molecular weight excluding hydrogens is 310 g/mol. The van der Waals surface area contributed by atoms with Crippen molar-refractivity contribution in [3.8, 4) is 0 Å². The SMILES string of the molecule is CC[C@H]1CN2C=Nc3oc(C)c(C(=O)Nc4cc(C)on4)c3C2=N1. The van der Waals surface area contributed by atoms with Crippen LogP contribution in [0, 0.1) is 13.8 Å². The number of carbonyl (C=O) groups excluding carboxylic acids is 1. The van der Waals surface area contributed by atoms with E-state index in [0.717, 1.165) is 18.8 Å². The van der Waals surface area contributed by atoms with Crippen LogP contribution in [0.1, 0.15) is 40.8 Å². The summed E-state index contributed by atoms with van der Waals surface area (Å²) in [5.74, 6) is 2.33. The van der Waals surface area contributed by atoms with Gasteiger partial charge in [-0.1, -0.05) is 12.1 Å². The summed E-state index contributed by atoms with van der Waals surface area (Å²) in [5.41, 5.74) is 1.08. The van der Waals surface area contributed by atoms with Crippen molar-refractivity contribution in [3.63, 3.8) is 0 Å². The van der Waals surface area contributed by atoms with Crippen LogP contribution in [0.15, 0.2) is 25.0 Å². The van der Waals surface area contributed by atoms with Gasteiger partial charge in [-0.15, -0.1) is 0 Å². The van der Waals surface area contributed by atoms with Gasteiger partial charge < -0.3 is 19.2 Å². The Morgan fingerprint density at radius 2 is 2.29 bits per heavy atom. The van der Waals surface area contributed by atoms with Gasteiger partial charge in [0, 0.05) is 12.6 Å². The van der Waals surface area contributed by atoms with E-state index in [0.29, 0.717) is 34.3 Å². The van der Waals surface area contributed by atoms with Crippen LogP contribution in [0.25, 0.3) is 0 Å². The Kier molecular flexibility index (Phi) is 3.26. The van der Waals surface area contributed by atoms with Crippen molar-refractivity contribution in [2.45, 2.75) is 33.2 Å². The van der Waals surface area contributed by atoms with E-state index in [1.807, 2.05) is 4.90 Å². The van der Waals surface area contributed by atoms with E-state index in [-0.39, 0.29) is 11.9 Å². The molecule has 24 heavy (non-hydrogen) atoms. The van der Waals surface area contributed by atoms with E-state index in [4.69, 9.17) is 13.9 Å². The lowest BCUT2D eigenvalue weighted by atomic mass is 10.1. The summed E-state index contributed by atoms with van der Waals surface area (Å²) < 4.78 is 10.6. The van der Waals surface area contributed by atoms with E-state index in [1.54, 1.807) is 26.3 Å². The number of hydrogen-bond donors (Lipinski definition) is 1. The van der Waals surface area contributed by atoms with Crippen molar-refractivity contribution in [3.05, 3.63) is 28.7 Å². The van der Waals surface area contributed by atoms with Gasteiger partial charge in [0.2, 0.25) is 5.88 Å². The molecule has 0 spiro atoms. The molecule has 8 nitrogen and oxygen atoms in total. The topological polar surface area (TPSA) is 96.2 Å². The number of furan rings is 1. The average Bonchev–Trinajstić information content (AvgIpc) is 3.22. The van der Waals surface area contributed by atoms with Crippen molar-refractivity contribution in [2.75, 3.05) is 11.9 Å². The second-order valence-corrected chi connectivity index (χ2v) is 5.90. The van der Waals surface area contributed by atoms with Crippen molar-refractivity contribution >= 4 is 29.8 Å². The summed E-state index contributed by atoms with van der Waals surface area (Å²) in [6.45, 7) is 6.36. The lowest BCUT2D eigenvalue weighted by molar-refractivity contribution is 0.102. The molecule has 4 heterocycles. The zero-order chi connectivity index (χ0) is 16.8. The fourth-order valence-corrected chi connectivity index (χ4v) is 2.96. The predicted octanol–water partition coefficient (Wildman–Crippen LogP) is 2.65. The average molecular weight is 327 g/mol. The molecule has 0 saturated carbocycles. The summed E-state index contributed by atoms with van der Waals surface area (Å²) in [4.78, 5) is 23.7. The molecule has 0 fully saturated rings. The summed E-state index contributed by atoms with van der Waals surface area (Å²) >= 11 is 0. The largest absolute Gasteiger partial charge is 0.442 e. The second kappa shape index (κ2) is 5.33. The van der Waals surface area contributed by atoms with Crippen LogP contribution in [-0.4, -0.2) is 40.7 Å². The predicted molar refractivity (Wildman–Crippen MR) is 88.1 cm³/mol. The number of fused-ring (bicyclic) bond motifs is 3. The summed E-state index contributed by atoms with van der Waals surface area (Å²) in [6.07, 6.45) is 2.64. The van der Waals surface area contributed by atoms with Crippen LogP contribution >= 0.6 is 0 Å². The van der Waals surface area contributed by atoms with Gasteiger partial charge in [0.05, 0.1) is 17.2 Å². The maximum atomic E-state index is 12.7. The highest BCUT2D eigenvalue weighted by Gasteiger charge is 2.36. The molecule has 2 aliphatic rings. The second-order valence-electron chi connectivity index (χ2n) is 5.90. The quantitative estimate of drug-likeness (QED) is 0.935. The van der Waals surface area contributed by atoms with Gasteiger partial charge in [-0.05, 0) is 20.3 Å². The molecule has 2 aromatic heterocycles. The number of aryl methyl sites for hydroxylation is 2. The Morgan fingerprint density at radius 1 is 1.46 bits per heavy atom. The number of rotatable bonds is 3. The Hall–Kier alpha value is -2.90.